The lowest BCUT2D eigenvalue weighted by molar-refractivity contribution is 0.597. The summed E-state index contributed by atoms with van der Waals surface area (Å²) < 4.78 is 22.4. The van der Waals surface area contributed by atoms with E-state index in [1.807, 2.05) is 6.07 Å². The highest BCUT2D eigenvalue weighted by Crippen LogP contribution is 2.40. The second-order valence-electron chi connectivity index (χ2n) is 5.43. The smallest absolute Gasteiger partial charge is 0.238 e. The molecule has 5 heteroatoms. The van der Waals surface area contributed by atoms with Gasteiger partial charge in [0.25, 0.3) is 0 Å². The van der Waals surface area contributed by atoms with Gasteiger partial charge in [0.15, 0.2) is 0 Å². The molecule has 2 aromatic rings. The van der Waals surface area contributed by atoms with Crippen molar-refractivity contribution in [3.63, 3.8) is 0 Å². The fourth-order valence-electron chi connectivity index (χ4n) is 2.54. The van der Waals surface area contributed by atoms with Gasteiger partial charge >= 0.3 is 0 Å². The summed E-state index contributed by atoms with van der Waals surface area (Å²) in [5.74, 6) is 0.592. The number of rotatable bonds is 5. The third kappa shape index (κ3) is 3.50. The maximum Gasteiger partial charge on any atom is 0.238 e. The van der Waals surface area contributed by atoms with E-state index in [2.05, 4.69) is 29.6 Å². The number of hydrogen-bond acceptors (Lipinski definition) is 3. The highest BCUT2D eigenvalue weighted by atomic mass is 32.2. The summed E-state index contributed by atoms with van der Waals surface area (Å²) in [5, 5.41) is 8.58. The normalized spacial score (nSPS) is 21.2. The molecule has 0 radical (unpaired) electrons. The Balaban J connectivity index is 1.55. The molecule has 2 aromatic carbocycles. The first-order valence-corrected chi connectivity index (χ1v) is 8.49. The average molecular weight is 302 g/mol. The van der Waals surface area contributed by atoms with E-state index >= 15 is 0 Å². The summed E-state index contributed by atoms with van der Waals surface area (Å²) in [7, 11) is -3.60. The Morgan fingerprint density at radius 3 is 2.33 bits per heavy atom. The highest BCUT2D eigenvalue weighted by Gasteiger charge is 2.37. The maximum atomic E-state index is 11.2. The van der Waals surface area contributed by atoms with Gasteiger partial charge in [-0.25, -0.2) is 13.6 Å². The van der Waals surface area contributed by atoms with Crippen LogP contribution in [0, 0.1) is 0 Å². The second kappa shape index (κ2) is 5.60. The second-order valence-corrected chi connectivity index (χ2v) is 6.99. The quantitative estimate of drug-likeness (QED) is 0.887. The molecule has 0 unspecified atom stereocenters. The third-order valence-electron chi connectivity index (χ3n) is 3.84. The third-order valence-corrected chi connectivity index (χ3v) is 4.77. The van der Waals surface area contributed by atoms with Crippen molar-refractivity contribution in [2.24, 2.45) is 5.14 Å². The molecule has 0 spiro atoms. The van der Waals surface area contributed by atoms with Crippen LogP contribution in [-0.4, -0.2) is 14.5 Å². The van der Waals surface area contributed by atoms with Crippen molar-refractivity contribution in [3.05, 3.63) is 65.7 Å². The van der Waals surface area contributed by atoms with E-state index in [9.17, 15) is 8.42 Å². The molecular formula is C16H18N2O2S. The van der Waals surface area contributed by atoms with Gasteiger partial charge in [0, 0.05) is 18.5 Å². The minimum atomic E-state index is -3.60. The average Bonchev–Trinajstić information content (AvgIpc) is 3.25. The zero-order valence-corrected chi connectivity index (χ0v) is 12.4. The summed E-state index contributed by atoms with van der Waals surface area (Å²) >= 11 is 0. The Bertz CT molecular complexity index is 712. The van der Waals surface area contributed by atoms with Crippen molar-refractivity contribution in [2.75, 3.05) is 0 Å². The van der Waals surface area contributed by atoms with Crippen LogP contribution in [0.4, 0.5) is 0 Å². The fraction of sp³-hybridized carbons (Fsp3) is 0.250. The highest BCUT2D eigenvalue weighted by molar-refractivity contribution is 7.89. The lowest BCUT2D eigenvalue weighted by Gasteiger charge is -2.06. The standard InChI is InChI=1S/C16H18N2O2S/c17-21(19,20)14-8-6-12(7-9-14)11-18-16-10-15(16)13-4-2-1-3-5-13/h1-9,15-16,18H,10-11H2,(H2,17,19,20)/t15-,16+/m1/s1. The zero-order valence-electron chi connectivity index (χ0n) is 11.6. The number of sulfonamides is 1. The number of nitrogens with two attached hydrogens (primary N) is 1. The van der Waals surface area contributed by atoms with Gasteiger partial charge in [0.05, 0.1) is 4.90 Å². The van der Waals surface area contributed by atoms with Crippen molar-refractivity contribution in [2.45, 2.75) is 29.8 Å². The van der Waals surface area contributed by atoms with Gasteiger partial charge in [-0.15, -0.1) is 0 Å². The molecule has 1 fully saturated rings. The first-order chi connectivity index (χ1) is 10.0. The van der Waals surface area contributed by atoms with Crippen molar-refractivity contribution in [1.29, 1.82) is 0 Å². The number of hydrogen-bond donors (Lipinski definition) is 2. The van der Waals surface area contributed by atoms with Gasteiger partial charge in [0.1, 0.15) is 0 Å². The van der Waals surface area contributed by atoms with Gasteiger partial charge in [-0.2, -0.15) is 0 Å². The Labute approximate surface area is 125 Å². The van der Waals surface area contributed by atoms with E-state index in [1.165, 1.54) is 5.56 Å². The molecule has 3 N–H and O–H groups in total. The number of benzene rings is 2. The topological polar surface area (TPSA) is 72.2 Å². The minimum Gasteiger partial charge on any atom is -0.309 e. The molecule has 2 atom stereocenters. The predicted octanol–water partition coefficient (Wildman–Crippen LogP) is 1.98. The van der Waals surface area contributed by atoms with Crippen molar-refractivity contribution in [3.8, 4) is 0 Å². The van der Waals surface area contributed by atoms with E-state index in [1.54, 1.807) is 24.3 Å². The Morgan fingerprint density at radius 1 is 1.05 bits per heavy atom. The summed E-state index contributed by atoms with van der Waals surface area (Å²) in [6, 6.07) is 17.7. The molecule has 1 aliphatic rings. The van der Waals surface area contributed by atoms with Gasteiger partial charge in [-0.3, -0.25) is 0 Å². The van der Waals surface area contributed by atoms with Gasteiger partial charge in [-0.1, -0.05) is 42.5 Å². The van der Waals surface area contributed by atoms with Crippen molar-refractivity contribution in [1.82, 2.24) is 5.32 Å². The predicted molar refractivity (Wildman–Crippen MR) is 82.2 cm³/mol. The largest absolute Gasteiger partial charge is 0.309 e. The van der Waals surface area contributed by atoms with Crippen LogP contribution in [0.3, 0.4) is 0 Å². The van der Waals surface area contributed by atoms with Crippen LogP contribution in [0.25, 0.3) is 0 Å². The fourth-order valence-corrected chi connectivity index (χ4v) is 3.05. The summed E-state index contributed by atoms with van der Waals surface area (Å²) in [4.78, 5) is 0.153. The molecule has 1 aliphatic carbocycles. The van der Waals surface area contributed by atoms with Crippen LogP contribution in [0.15, 0.2) is 59.5 Å². The lowest BCUT2D eigenvalue weighted by atomic mass is 10.1. The van der Waals surface area contributed by atoms with Crippen LogP contribution < -0.4 is 10.5 Å². The molecule has 0 saturated heterocycles. The van der Waals surface area contributed by atoms with Crippen LogP contribution in [0.5, 0.6) is 0 Å². The van der Waals surface area contributed by atoms with E-state index in [0.29, 0.717) is 12.0 Å². The van der Waals surface area contributed by atoms with Crippen LogP contribution >= 0.6 is 0 Å². The molecule has 0 heterocycles. The van der Waals surface area contributed by atoms with E-state index in [-0.39, 0.29) is 4.90 Å². The van der Waals surface area contributed by atoms with Crippen molar-refractivity contribution >= 4 is 10.0 Å². The SMILES string of the molecule is NS(=O)(=O)c1ccc(CN[C@H]2C[C@@H]2c2ccccc2)cc1. The first-order valence-electron chi connectivity index (χ1n) is 6.94. The van der Waals surface area contributed by atoms with Crippen LogP contribution in [0.2, 0.25) is 0 Å². The molecule has 1 saturated carbocycles. The van der Waals surface area contributed by atoms with E-state index in [4.69, 9.17) is 5.14 Å². The summed E-state index contributed by atoms with van der Waals surface area (Å²) in [5.41, 5.74) is 2.43. The van der Waals surface area contributed by atoms with Crippen LogP contribution in [0.1, 0.15) is 23.5 Å². The Morgan fingerprint density at radius 2 is 1.71 bits per heavy atom. The van der Waals surface area contributed by atoms with E-state index in [0.717, 1.165) is 18.5 Å². The summed E-state index contributed by atoms with van der Waals surface area (Å²) in [6.45, 7) is 0.735. The van der Waals surface area contributed by atoms with Gasteiger partial charge < -0.3 is 5.32 Å². The monoisotopic (exact) mass is 302 g/mol. The summed E-state index contributed by atoms with van der Waals surface area (Å²) in [6.07, 6.45) is 1.15. The molecule has 0 aromatic heterocycles. The Hall–Kier alpha value is -1.69. The van der Waals surface area contributed by atoms with E-state index < -0.39 is 10.0 Å². The molecular weight excluding hydrogens is 284 g/mol. The molecule has 0 bridgehead atoms. The molecule has 0 aliphatic heterocycles. The lowest BCUT2D eigenvalue weighted by Crippen LogP contribution is -2.17. The molecule has 3 rings (SSSR count). The molecule has 110 valence electrons. The molecule has 21 heavy (non-hydrogen) atoms. The molecule has 4 nitrogen and oxygen atoms in total. The van der Waals surface area contributed by atoms with Crippen molar-refractivity contribution < 1.29 is 8.42 Å². The Kier molecular flexibility index (Phi) is 3.80. The minimum absolute atomic E-state index is 0.153. The molecule has 0 amide bonds. The van der Waals surface area contributed by atoms with Gasteiger partial charge in [-0.05, 0) is 29.7 Å². The zero-order chi connectivity index (χ0) is 14.9. The maximum absolute atomic E-state index is 11.2. The number of nitrogens with one attached hydrogen (secondary N) is 1. The van der Waals surface area contributed by atoms with Gasteiger partial charge in [0.2, 0.25) is 10.0 Å². The van der Waals surface area contributed by atoms with Crippen LogP contribution in [-0.2, 0) is 16.6 Å². The number of primary sulfonamides is 1. The first kappa shape index (κ1) is 14.3.